The summed E-state index contributed by atoms with van der Waals surface area (Å²) in [6.45, 7) is 4.42. The molecule has 1 atom stereocenters. The van der Waals surface area contributed by atoms with Crippen LogP contribution in [0.4, 0.5) is 0 Å². The molecule has 0 saturated heterocycles. The van der Waals surface area contributed by atoms with Gasteiger partial charge in [0.05, 0.1) is 0 Å². The number of hydrogen-bond donors (Lipinski definition) is 1. The average molecular weight is 601 g/mol. The lowest BCUT2D eigenvalue weighted by Crippen LogP contribution is -2.16. The van der Waals surface area contributed by atoms with Crippen LogP contribution in [-0.2, 0) is 14.3 Å². The number of esters is 1. The van der Waals surface area contributed by atoms with Crippen molar-refractivity contribution in [3.63, 3.8) is 0 Å². The Balaban J connectivity index is 4.06. The number of carboxylic acid groups (broad SMARTS) is 1. The molecule has 4 heteroatoms. The molecule has 0 spiro atoms. The van der Waals surface area contributed by atoms with E-state index >= 15 is 0 Å². The van der Waals surface area contributed by atoms with Crippen LogP contribution < -0.4 is 0 Å². The van der Waals surface area contributed by atoms with Crippen molar-refractivity contribution in [1.82, 2.24) is 0 Å². The third kappa shape index (κ3) is 34.3. The molecule has 0 amide bonds. The van der Waals surface area contributed by atoms with Gasteiger partial charge in [-0.2, -0.15) is 0 Å². The highest BCUT2D eigenvalue weighted by Gasteiger charge is 2.11. The number of carbonyl (C=O) groups excluding carboxylic acids is 1. The zero-order valence-corrected chi connectivity index (χ0v) is 28.3. The summed E-state index contributed by atoms with van der Waals surface area (Å²) in [5.74, 6) is -0.857. The smallest absolute Gasteiger partial charge is 0.306 e. The number of rotatable bonds is 32. The summed E-state index contributed by atoms with van der Waals surface area (Å²) in [4.78, 5) is 23.3. The Labute approximate surface area is 266 Å². The van der Waals surface area contributed by atoms with Crippen molar-refractivity contribution in [3.05, 3.63) is 48.6 Å². The van der Waals surface area contributed by atoms with Crippen LogP contribution in [0.2, 0.25) is 0 Å². The van der Waals surface area contributed by atoms with Crippen molar-refractivity contribution in [1.29, 1.82) is 0 Å². The van der Waals surface area contributed by atoms with Gasteiger partial charge in [-0.15, -0.1) is 0 Å². The normalized spacial score (nSPS) is 12.8. The predicted octanol–water partition coefficient (Wildman–Crippen LogP) is 12.4. The first kappa shape index (κ1) is 40.9. The molecule has 248 valence electrons. The molecule has 0 saturated carbocycles. The van der Waals surface area contributed by atoms with Gasteiger partial charge in [0.1, 0.15) is 6.10 Å². The SMILES string of the molecule is CC/C=C\C/C=C\C/C=C\C/C=C\C(CCCCCC(=O)O)OC(=O)CCCCCCCCCCCCCCCCCC. The van der Waals surface area contributed by atoms with Crippen LogP contribution in [0.1, 0.15) is 181 Å². The quantitative estimate of drug-likeness (QED) is 0.0474. The lowest BCUT2D eigenvalue weighted by atomic mass is 10.0. The molecule has 1 unspecified atom stereocenters. The number of unbranched alkanes of at least 4 members (excludes halogenated alkanes) is 17. The average Bonchev–Trinajstić information content (AvgIpc) is 2.99. The van der Waals surface area contributed by atoms with Crippen LogP contribution in [0.15, 0.2) is 48.6 Å². The Morgan fingerprint density at radius 3 is 1.44 bits per heavy atom. The van der Waals surface area contributed by atoms with Gasteiger partial charge in [0.2, 0.25) is 0 Å². The van der Waals surface area contributed by atoms with Gasteiger partial charge in [-0.1, -0.05) is 159 Å². The first-order chi connectivity index (χ1) is 21.1. The summed E-state index contributed by atoms with van der Waals surface area (Å²) in [5.41, 5.74) is 0. The highest BCUT2D eigenvalue weighted by Crippen LogP contribution is 2.15. The van der Waals surface area contributed by atoms with E-state index in [1.807, 2.05) is 6.08 Å². The van der Waals surface area contributed by atoms with Crippen LogP contribution in [0.3, 0.4) is 0 Å². The molecule has 0 aliphatic heterocycles. The van der Waals surface area contributed by atoms with Crippen molar-refractivity contribution in [3.8, 4) is 0 Å². The summed E-state index contributed by atoms with van der Waals surface area (Å²) in [5, 5.41) is 8.85. The van der Waals surface area contributed by atoms with Crippen LogP contribution >= 0.6 is 0 Å². The Kier molecular flexibility index (Phi) is 32.7. The minimum Gasteiger partial charge on any atom is -0.481 e. The topological polar surface area (TPSA) is 63.6 Å². The second kappa shape index (κ2) is 34.4. The fourth-order valence-electron chi connectivity index (χ4n) is 5.15. The van der Waals surface area contributed by atoms with Gasteiger partial charge < -0.3 is 9.84 Å². The molecule has 0 aliphatic rings. The van der Waals surface area contributed by atoms with Crippen molar-refractivity contribution in [2.75, 3.05) is 0 Å². The molecule has 0 radical (unpaired) electrons. The second-order valence-corrected chi connectivity index (χ2v) is 12.0. The third-order valence-electron chi connectivity index (χ3n) is 7.80. The highest BCUT2D eigenvalue weighted by molar-refractivity contribution is 5.69. The Morgan fingerprint density at radius 2 is 0.953 bits per heavy atom. The standard InChI is InChI=1S/C39H68O4/c1-3-5-7-9-11-13-15-16-17-18-19-21-23-25-27-32-36-39(42)43-37(34-30-28-31-35-38(40)41)33-29-26-24-22-20-14-12-10-8-6-4-2/h6,8,12,14,22,24,29,33,37H,3-5,7,9-11,13,15-21,23,25-28,30-32,34-36H2,1-2H3,(H,40,41)/b8-6-,14-12-,24-22-,33-29-. The van der Waals surface area contributed by atoms with E-state index in [-0.39, 0.29) is 18.5 Å². The van der Waals surface area contributed by atoms with E-state index in [1.165, 1.54) is 89.9 Å². The number of allylic oxidation sites excluding steroid dienone is 7. The summed E-state index contributed by atoms with van der Waals surface area (Å²) in [6, 6.07) is 0. The van der Waals surface area contributed by atoms with Crippen LogP contribution in [0.5, 0.6) is 0 Å². The van der Waals surface area contributed by atoms with Gasteiger partial charge in [0, 0.05) is 12.8 Å². The van der Waals surface area contributed by atoms with E-state index in [1.54, 1.807) is 0 Å². The largest absolute Gasteiger partial charge is 0.481 e. The first-order valence-electron chi connectivity index (χ1n) is 18.1. The summed E-state index contributed by atoms with van der Waals surface area (Å²) in [6.07, 6.45) is 45.7. The van der Waals surface area contributed by atoms with Gasteiger partial charge in [-0.05, 0) is 57.4 Å². The maximum Gasteiger partial charge on any atom is 0.306 e. The van der Waals surface area contributed by atoms with Gasteiger partial charge in [0.25, 0.3) is 0 Å². The zero-order chi connectivity index (χ0) is 31.5. The summed E-state index contributed by atoms with van der Waals surface area (Å²) in [7, 11) is 0. The molecular formula is C39H68O4. The van der Waals surface area contributed by atoms with Crippen molar-refractivity contribution < 1.29 is 19.4 Å². The van der Waals surface area contributed by atoms with Gasteiger partial charge in [-0.25, -0.2) is 0 Å². The molecule has 43 heavy (non-hydrogen) atoms. The molecule has 0 heterocycles. The molecule has 0 rings (SSSR count). The Morgan fingerprint density at radius 1 is 0.535 bits per heavy atom. The Bertz CT molecular complexity index is 734. The molecule has 1 N–H and O–H groups in total. The molecule has 0 fully saturated rings. The van der Waals surface area contributed by atoms with Crippen molar-refractivity contribution in [2.45, 2.75) is 187 Å². The maximum atomic E-state index is 12.5. The van der Waals surface area contributed by atoms with Gasteiger partial charge in [-0.3, -0.25) is 9.59 Å². The summed E-state index contributed by atoms with van der Waals surface area (Å²) < 4.78 is 5.81. The van der Waals surface area contributed by atoms with E-state index in [9.17, 15) is 9.59 Å². The third-order valence-corrected chi connectivity index (χ3v) is 7.80. The van der Waals surface area contributed by atoms with Crippen LogP contribution in [-0.4, -0.2) is 23.1 Å². The lowest BCUT2D eigenvalue weighted by Gasteiger charge is -2.14. The number of hydrogen-bond acceptors (Lipinski definition) is 3. The molecular weight excluding hydrogens is 532 g/mol. The molecule has 0 aliphatic carbocycles. The molecule has 4 nitrogen and oxygen atoms in total. The molecule has 0 aromatic heterocycles. The second-order valence-electron chi connectivity index (χ2n) is 12.0. The van der Waals surface area contributed by atoms with Crippen molar-refractivity contribution >= 4 is 11.9 Å². The van der Waals surface area contributed by atoms with Gasteiger partial charge >= 0.3 is 11.9 Å². The predicted molar refractivity (Wildman–Crippen MR) is 185 cm³/mol. The summed E-state index contributed by atoms with van der Waals surface area (Å²) >= 11 is 0. The fraction of sp³-hybridized carbons (Fsp3) is 0.744. The van der Waals surface area contributed by atoms with E-state index in [0.29, 0.717) is 12.8 Å². The lowest BCUT2D eigenvalue weighted by molar-refractivity contribution is -0.147. The van der Waals surface area contributed by atoms with E-state index in [4.69, 9.17) is 9.84 Å². The maximum absolute atomic E-state index is 12.5. The fourth-order valence-corrected chi connectivity index (χ4v) is 5.15. The van der Waals surface area contributed by atoms with Gasteiger partial charge in [0.15, 0.2) is 0 Å². The number of carbonyl (C=O) groups is 2. The highest BCUT2D eigenvalue weighted by atomic mass is 16.5. The number of carboxylic acids is 1. The first-order valence-corrected chi connectivity index (χ1v) is 18.1. The molecule has 0 aromatic rings. The van der Waals surface area contributed by atoms with Crippen LogP contribution in [0, 0.1) is 0 Å². The minimum atomic E-state index is -0.749. The van der Waals surface area contributed by atoms with Crippen molar-refractivity contribution in [2.24, 2.45) is 0 Å². The van der Waals surface area contributed by atoms with E-state index in [0.717, 1.165) is 57.8 Å². The Hall–Kier alpha value is -2.10. The number of aliphatic carboxylic acids is 1. The van der Waals surface area contributed by atoms with E-state index in [2.05, 4.69) is 56.4 Å². The molecule has 0 bridgehead atoms. The monoisotopic (exact) mass is 601 g/mol. The minimum absolute atomic E-state index is 0.108. The van der Waals surface area contributed by atoms with Crippen LogP contribution in [0.25, 0.3) is 0 Å². The zero-order valence-electron chi connectivity index (χ0n) is 28.3. The van der Waals surface area contributed by atoms with E-state index < -0.39 is 5.97 Å². The number of ether oxygens (including phenoxy) is 1. The molecule has 0 aromatic carbocycles.